The minimum atomic E-state index is -0.918. The zero-order chi connectivity index (χ0) is 23.9. The molecule has 0 bridgehead atoms. The van der Waals surface area contributed by atoms with Gasteiger partial charge in [-0.05, 0) is 22.3 Å². The molecule has 1 saturated heterocycles. The predicted octanol–water partition coefficient (Wildman–Crippen LogP) is 2.96. The molecule has 2 amide bonds. The van der Waals surface area contributed by atoms with E-state index in [4.69, 9.17) is 14.6 Å². The number of carbonyl (C=O) groups excluding carboxylic acids is 2. The van der Waals surface area contributed by atoms with Crippen molar-refractivity contribution in [2.75, 3.05) is 44.4 Å². The first kappa shape index (κ1) is 24.1. The van der Waals surface area contributed by atoms with Gasteiger partial charge in [-0.25, -0.2) is 4.79 Å². The number of nitrogens with one attached hydrogen (secondary N) is 1. The van der Waals surface area contributed by atoms with Crippen LogP contribution >= 0.6 is 11.8 Å². The number of nitrogens with zero attached hydrogens (tertiary/aromatic N) is 1. The van der Waals surface area contributed by atoms with Crippen molar-refractivity contribution in [2.24, 2.45) is 0 Å². The first-order valence-electron chi connectivity index (χ1n) is 11.3. The van der Waals surface area contributed by atoms with Crippen LogP contribution in [0.2, 0.25) is 0 Å². The Morgan fingerprint density at radius 2 is 1.74 bits per heavy atom. The Morgan fingerprint density at radius 1 is 1.06 bits per heavy atom. The lowest BCUT2D eigenvalue weighted by Gasteiger charge is -2.34. The van der Waals surface area contributed by atoms with Gasteiger partial charge in [-0.15, -0.1) is 0 Å². The van der Waals surface area contributed by atoms with Gasteiger partial charge in [0.25, 0.3) is 0 Å². The molecule has 0 saturated carbocycles. The van der Waals surface area contributed by atoms with Crippen molar-refractivity contribution in [2.45, 2.75) is 18.4 Å². The number of benzene rings is 2. The summed E-state index contributed by atoms with van der Waals surface area (Å²) in [5.41, 5.74) is 4.64. The highest BCUT2D eigenvalue weighted by Gasteiger charge is 2.30. The van der Waals surface area contributed by atoms with Crippen molar-refractivity contribution in [3.63, 3.8) is 0 Å². The van der Waals surface area contributed by atoms with Crippen LogP contribution in [0.3, 0.4) is 0 Å². The lowest BCUT2D eigenvalue weighted by atomic mass is 9.98. The van der Waals surface area contributed by atoms with Crippen LogP contribution in [0.25, 0.3) is 11.1 Å². The summed E-state index contributed by atoms with van der Waals surface area (Å²) in [7, 11) is 0. The molecule has 2 N–H and O–H groups in total. The molecule has 0 aromatic heterocycles. The maximum atomic E-state index is 12.4. The summed E-state index contributed by atoms with van der Waals surface area (Å²) in [5.74, 6) is 0.242. The van der Waals surface area contributed by atoms with Crippen molar-refractivity contribution < 1.29 is 29.0 Å². The van der Waals surface area contributed by atoms with Crippen LogP contribution in [-0.4, -0.2) is 78.4 Å². The molecule has 2 aliphatic rings. The third-order valence-corrected chi connectivity index (χ3v) is 7.13. The van der Waals surface area contributed by atoms with Crippen LogP contribution in [0.1, 0.15) is 23.5 Å². The van der Waals surface area contributed by atoms with Crippen LogP contribution in [0.5, 0.6) is 0 Å². The van der Waals surface area contributed by atoms with Gasteiger partial charge < -0.3 is 24.8 Å². The molecular weight excluding hydrogens is 456 g/mol. The second kappa shape index (κ2) is 11.4. The van der Waals surface area contributed by atoms with E-state index in [1.54, 1.807) is 16.7 Å². The van der Waals surface area contributed by atoms with Crippen molar-refractivity contribution in [3.05, 3.63) is 59.7 Å². The maximum Gasteiger partial charge on any atom is 0.407 e. The fourth-order valence-corrected chi connectivity index (χ4v) is 5.53. The smallest absolute Gasteiger partial charge is 0.407 e. The van der Waals surface area contributed by atoms with E-state index in [9.17, 15) is 14.4 Å². The van der Waals surface area contributed by atoms with Crippen molar-refractivity contribution in [1.29, 1.82) is 0 Å². The highest BCUT2D eigenvalue weighted by molar-refractivity contribution is 7.99. The average Bonchev–Trinajstić information content (AvgIpc) is 3.16. The number of rotatable bonds is 9. The van der Waals surface area contributed by atoms with Gasteiger partial charge in [0.1, 0.15) is 13.2 Å². The number of ether oxygens (including phenoxy) is 2. The molecule has 1 aliphatic heterocycles. The third-order valence-electron chi connectivity index (χ3n) is 6.04. The highest BCUT2D eigenvalue weighted by atomic mass is 32.2. The molecule has 180 valence electrons. The Labute approximate surface area is 202 Å². The molecule has 4 rings (SSSR count). The summed E-state index contributed by atoms with van der Waals surface area (Å²) in [5, 5.41) is 11.7. The SMILES string of the molecule is O=C(O)CC1CSCCN1C(=O)COCCNC(=O)OCC1c2ccccc2-c2ccccc21. The van der Waals surface area contributed by atoms with E-state index in [1.165, 1.54) is 11.1 Å². The number of carboxylic acid groups (broad SMARTS) is 1. The first-order valence-corrected chi connectivity index (χ1v) is 12.5. The predicted molar refractivity (Wildman–Crippen MR) is 129 cm³/mol. The van der Waals surface area contributed by atoms with E-state index in [0.29, 0.717) is 12.3 Å². The summed E-state index contributed by atoms with van der Waals surface area (Å²) in [6.07, 6.45) is -0.603. The van der Waals surface area contributed by atoms with Gasteiger partial charge in [0.2, 0.25) is 5.91 Å². The minimum absolute atomic E-state index is 0.00604. The summed E-state index contributed by atoms with van der Waals surface area (Å²) in [4.78, 5) is 37.2. The Hall–Kier alpha value is -3.04. The summed E-state index contributed by atoms with van der Waals surface area (Å²) in [6.45, 7) is 0.966. The molecule has 1 unspecified atom stereocenters. The quantitative estimate of drug-likeness (QED) is 0.527. The Bertz CT molecular complexity index is 1000. The highest BCUT2D eigenvalue weighted by Crippen LogP contribution is 2.44. The van der Waals surface area contributed by atoms with E-state index in [1.807, 2.05) is 24.3 Å². The van der Waals surface area contributed by atoms with Gasteiger partial charge in [-0.1, -0.05) is 48.5 Å². The number of carbonyl (C=O) groups is 3. The number of thioether (sulfide) groups is 1. The van der Waals surface area contributed by atoms with Gasteiger partial charge in [-0.3, -0.25) is 9.59 Å². The molecule has 0 spiro atoms. The zero-order valence-corrected chi connectivity index (χ0v) is 19.6. The van der Waals surface area contributed by atoms with Crippen LogP contribution in [0.4, 0.5) is 4.79 Å². The van der Waals surface area contributed by atoms with Gasteiger partial charge in [-0.2, -0.15) is 11.8 Å². The Morgan fingerprint density at radius 3 is 2.41 bits per heavy atom. The molecule has 9 heteroatoms. The normalized spacial score (nSPS) is 17.1. The molecule has 2 aromatic carbocycles. The van der Waals surface area contributed by atoms with Gasteiger partial charge in [0, 0.05) is 30.5 Å². The molecule has 1 heterocycles. The van der Waals surface area contributed by atoms with Crippen LogP contribution in [0, 0.1) is 0 Å². The van der Waals surface area contributed by atoms with Crippen LogP contribution < -0.4 is 5.32 Å². The monoisotopic (exact) mass is 484 g/mol. The Balaban J connectivity index is 1.18. The second-order valence-electron chi connectivity index (χ2n) is 8.22. The number of hydrogen-bond acceptors (Lipinski definition) is 6. The van der Waals surface area contributed by atoms with E-state index in [-0.39, 0.29) is 50.7 Å². The minimum Gasteiger partial charge on any atom is -0.481 e. The lowest BCUT2D eigenvalue weighted by molar-refractivity contribution is -0.142. The van der Waals surface area contributed by atoms with Crippen molar-refractivity contribution in [3.8, 4) is 11.1 Å². The largest absolute Gasteiger partial charge is 0.481 e. The Kier molecular flexibility index (Phi) is 8.08. The van der Waals surface area contributed by atoms with E-state index >= 15 is 0 Å². The molecular formula is C25H28N2O6S. The number of hydrogen-bond donors (Lipinski definition) is 2. The van der Waals surface area contributed by atoms with Crippen molar-refractivity contribution in [1.82, 2.24) is 10.2 Å². The number of alkyl carbamates (subject to hydrolysis) is 1. The number of fused-ring (bicyclic) bond motifs is 3. The topological polar surface area (TPSA) is 105 Å². The average molecular weight is 485 g/mol. The molecule has 8 nitrogen and oxygen atoms in total. The maximum absolute atomic E-state index is 12.4. The second-order valence-corrected chi connectivity index (χ2v) is 9.37. The fourth-order valence-electron chi connectivity index (χ4n) is 4.47. The van der Waals surface area contributed by atoms with Crippen LogP contribution in [0.15, 0.2) is 48.5 Å². The van der Waals surface area contributed by atoms with Gasteiger partial charge >= 0.3 is 12.1 Å². The summed E-state index contributed by atoms with van der Waals surface area (Å²) in [6, 6.07) is 16.0. The van der Waals surface area contributed by atoms with Gasteiger partial charge in [0.05, 0.1) is 19.1 Å². The van der Waals surface area contributed by atoms with E-state index in [0.717, 1.165) is 16.9 Å². The number of carboxylic acids is 1. The first-order chi connectivity index (χ1) is 16.5. The number of aliphatic carboxylic acids is 1. The number of amides is 2. The van der Waals surface area contributed by atoms with Crippen LogP contribution in [-0.2, 0) is 19.1 Å². The van der Waals surface area contributed by atoms with Crippen molar-refractivity contribution >= 4 is 29.7 Å². The zero-order valence-electron chi connectivity index (χ0n) is 18.8. The summed E-state index contributed by atoms with van der Waals surface area (Å²) < 4.78 is 10.9. The molecule has 2 aromatic rings. The van der Waals surface area contributed by atoms with E-state index < -0.39 is 12.1 Å². The lowest BCUT2D eigenvalue weighted by Crippen LogP contribution is -2.48. The summed E-state index contributed by atoms with van der Waals surface area (Å²) >= 11 is 1.65. The molecule has 34 heavy (non-hydrogen) atoms. The fraction of sp³-hybridized carbons (Fsp3) is 0.400. The standard InChI is InChI=1S/C25H28N2O6S/c28-23(27-10-12-34-16-17(27)13-24(29)30)15-32-11-9-26-25(31)33-14-22-20-7-3-1-5-18(20)19-6-2-4-8-21(19)22/h1-8,17,22H,9-16H2,(H,26,31)(H,29,30). The molecule has 1 atom stereocenters. The molecule has 1 aliphatic carbocycles. The van der Waals surface area contributed by atoms with Gasteiger partial charge in [0.15, 0.2) is 0 Å². The molecule has 1 fully saturated rings. The molecule has 0 radical (unpaired) electrons. The van der Waals surface area contributed by atoms with E-state index in [2.05, 4.69) is 29.6 Å². The third kappa shape index (κ3) is 5.71.